The van der Waals surface area contributed by atoms with Gasteiger partial charge in [-0.15, -0.1) is 0 Å². The molecule has 5 rings (SSSR count). The van der Waals surface area contributed by atoms with Crippen LogP contribution in [0, 0.1) is 11.5 Å². The quantitative estimate of drug-likeness (QED) is 0.712. The molecule has 1 amide bonds. The van der Waals surface area contributed by atoms with Gasteiger partial charge in [0.2, 0.25) is 0 Å². The highest BCUT2D eigenvalue weighted by Crippen LogP contribution is 2.37. The van der Waals surface area contributed by atoms with Gasteiger partial charge < -0.3 is 19.9 Å². The number of hydrogen-bond acceptors (Lipinski definition) is 7. The Kier molecular flexibility index (Phi) is 5.39. The molecule has 3 saturated heterocycles. The number of anilines is 1. The molecule has 0 radical (unpaired) electrons. The van der Waals surface area contributed by atoms with Gasteiger partial charge in [0.25, 0.3) is 5.91 Å². The summed E-state index contributed by atoms with van der Waals surface area (Å²) in [5, 5.41) is 13.1. The van der Waals surface area contributed by atoms with Crippen LogP contribution in [0.1, 0.15) is 42.2 Å². The molecule has 0 aliphatic carbocycles. The Bertz CT molecular complexity index is 1060. The second-order valence-corrected chi connectivity index (χ2v) is 9.33. The Hall–Kier alpha value is -2.89. The maximum atomic E-state index is 12.9. The van der Waals surface area contributed by atoms with Crippen molar-refractivity contribution in [3.8, 4) is 6.19 Å². The van der Waals surface area contributed by atoms with Gasteiger partial charge in [-0.25, -0.2) is 9.97 Å². The van der Waals surface area contributed by atoms with Gasteiger partial charge in [-0.05, 0) is 43.9 Å². The number of carbonyl (C=O) groups excluding carboxylic acids is 1. The van der Waals surface area contributed by atoms with Crippen LogP contribution in [-0.2, 0) is 10.3 Å². The van der Waals surface area contributed by atoms with Crippen LogP contribution in [0.4, 0.5) is 5.82 Å². The molecule has 3 fully saturated rings. The molecule has 32 heavy (non-hydrogen) atoms. The Labute approximate surface area is 192 Å². The normalized spacial score (nSPS) is 29.1. The van der Waals surface area contributed by atoms with E-state index in [1.54, 1.807) is 6.07 Å². The highest BCUT2D eigenvalue weighted by Gasteiger charge is 2.46. The van der Waals surface area contributed by atoms with Crippen LogP contribution in [0.3, 0.4) is 0 Å². The second-order valence-electron chi connectivity index (χ2n) is 8.89. The second kappa shape index (κ2) is 8.23. The minimum atomic E-state index is -0.514. The summed E-state index contributed by atoms with van der Waals surface area (Å²) in [6.45, 7) is 3.86. The number of fused-ring (bicyclic) bond motifs is 2. The first-order valence-corrected chi connectivity index (χ1v) is 11.3. The van der Waals surface area contributed by atoms with Crippen molar-refractivity contribution < 1.29 is 9.53 Å². The van der Waals surface area contributed by atoms with Crippen molar-refractivity contribution in [3.05, 3.63) is 52.9 Å². The third-order valence-corrected chi connectivity index (χ3v) is 7.16. The first kappa shape index (κ1) is 21.0. The summed E-state index contributed by atoms with van der Waals surface area (Å²) in [5.41, 5.74) is 0.859. The van der Waals surface area contributed by atoms with E-state index >= 15 is 0 Å². The summed E-state index contributed by atoms with van der Waals surface area (Å²) < 4.78 is 6.12. The lowest BCUT2D eigenvalue weighted by Gasteiger charge is -2.41. The molecule has 4 heterocycles. The predicted octanol–water partition coefficient (Wildman–Crippen LogP) is 2.70. The van der Waals surface area contributed by atoms with Gasteiger partial charge in [-0.2, -0.15) is 5.26 Å². The van der Waals surface area contributed by atoms with Gasteiger partial charge in [-0.3, -0.25) is 4.79 Å². The van der Waals surface area contributed by atoms with Crippen molar-refractivity contribution in [2.24, 2.45) is 0 Å². The van der Waals surface area contributed by atoms with E-state index in [0.717, 1.165) is 24.8 Å². The van der Waals surface area contributed by atoms with E-state index in [9.17, 15) is 10.1 Å². The molecule has 9 heteroatoms. The largest absolute Gasteiger partial charge is 0.367 e. The maximum Gasteiger partial charge on any atom is 0.270 e. The van der Waals surface area contributed by atoms with Gasteiger partial charge in [-0.1, -0.05) is 23.7 Å². The number of aromatic nitrogens is 2. The lowest BCUT2D eigenvalue weighted by Crippen LogP contribution is -2.48. The van der Waals surface area contributed by atoms with E-state index in [1.165, 1.54) is 6.33 Å². The molecule has 0 spiro atoms. The van der Waals surface area contributed by atoms with Crippen LogP contribution in [-0.4, -0.2) is 58.6 Å². The van der Waals surface area contributed by atoms with Crippen molar-refractivity contribution in [2.45, 2.75) is 49.9 Å². The maximum absolute atomic E-state index is 12.9. The summed E-state index contributed by atoms with van der Waals surface area (Å²) in [4.78, 5) is 25.5. The molecule has 3 aliphatic rings. The van der Waals surface area contributed by atoms with Crippen molar-refractivity contribution in [2.75, 3.05) is 24.6 Å². The van der Waals surface area contributed by atoms with Crippen LogP contribution < -0.4 is 10.2 Å². The number of benzene rings is 1. The smallest absolute Gasteiger partial charge is 0.270 e. The molecule has 1 aromatic heterocycles. The Morgan fingerprint density at radius 1 is 1.31 bits per heavy atom. The number of nitriles is 1. The topological polar surface area (TPSA) is 94.4 Å². The third-order valence-electron chi connectivity index (χ3n) is 6.91. The Morgan fingerprint density at radius 3 is 2.88 bits per heavy atom. The van der Waals surface area contributed by atoms with E-state index in [1.807, 2.05) is 36.1 Å². The number of carbonyl (C=O) groups is 1. The molecule has 1 unspecified atom stereocenters. The molecular formula is C23H25ClN6O2. The van der Waals surface area contributed by atoms with E-state index in [0.29, 0.717) is 36.2 Å². The Balaban J connectivity index is 1.30. The number of halogens is 1. The van der Waals surface area contributed by atoms with E-state index in [2.05, 4.69) is 26.4 Å². The van der Waals surface area contributed by atoms with Crippen LogP contribution in [0.15, 0.2) is 36.7 Å². The molecule has 2 bridgehead atoms. The van der Waals surface area contributed by atoms with Crippen LogP contribution >= 0.6 is 11.6 Å². The highest BCUT2D eigenvalue weighted by atomic mass is 35.5. The highest BCUT2D eigenvalue weighted by molar-refractivity contribution is 6.30. The average molecular weight is 453 g/mol. The lowest BCUT2D eigenvalue weighted by molar-refractivity contribution is -0.0468. The summed E-state index contributed by atoms with van der Waals surface area (Å²) in [6.07, 6.45) is 6.48. The number of amides is 1. The number of nitrogens with zero attached hydrogens (tertiary/aromatic N) is 5. The van der Waals surface area contributed by atoms with Crippen LogP contribution in [0.25, 0.3) is 0 Å². The summed E-state index contributed by atoms with van der Waals surface area (Å²) in [5.74, 6) is 0.470. The monoisotopic (exact) mass is 452 g/mol. The predicted molar refractivity (Wildman–Crippen MR) is 119 cm³/mol. The Morgan fingerprint density at radius 2 is 2.12 bits per heavy atom. The molecule has 3 aliphatic heterocycles. The van der Waals surface area contributed by atoms with Gasteiger partial charge in [0.05, 0.1) is 25.2 Å². The zero-order chi connectivity index (χ0) is 22.3. The van der Waals surface area contributed by atoms with Crippen LogP contribution in [0.5, 0.6) is 0 Å². The van der Waals surface area contributed by atoms with Crippen molar-refractivity contribution in [3.63, 3.8) is 0 Å². The van der Waals surface area contributed by atoms with Gasteiger partial charge in [0.15, 0.2) is 6.19 Å². The number of rotatable bonds is 4. The fourth-order valence-corrected chi connectivity index (χ4v) is 5.35. The molecule has 0 saturated carbocycles. The summed E-state index contributed by atoms with van der Waals surface area (Å²) in [6, 6.07) is 9.73. The lowest BCUT2D eigenvalue weighted by atomic mass is 9.94. The van der Waals surface area contributed by atoms with Gasteiger partial charge in [0, 0.05) is 23.7 Å². The fourth-order valence-electron chi connectivity index (χ4n) is 5.23. The standard InChI is InChI=1S/C23H25ClN6O2/c1-23(15-2-4-16(24)5-3-15)12-29(8-9-32-23)21-11-19(26-14-27-21)22(31)28-18-10-17-6-7-20(18)30(17)13-25/h2-5,11,14,17-18,20H,6-10,12H2,1H3,(H,28,31)/t17-,18+,20+,23?/m0/s1. The third kappa shape index (κ3) is 3.76. The molecule has 166 valence electrons. The molecule has 4 atom stereocenters. The van der Waals surface area contributed by atoms with E-state index in [-0.39, 0.29) is 24.0 Å². The number of morpholine rings is 1. The molecule has 2 aromatic rings. The summed E-state index contributed by atoms with van der Waals surface area (Å²) >= 11 is 6.04. The first-order valence-electron chi connectivity index (χ1n) is 10.9. The zero-order valence-electron chi connectivity index (χ0n) is 17.9. The van der Waals surface area contributed by atoms with Crippen molar-refractivity contribution in [1.29, 1.82) is 5.26 Å². The number of ether oxygens (including phenoxy) is 1. The minimum Gasteiger partial charge on any atom is -0.367 e. The van der Waals surface area contributed by atoms with Crippen LogP contribution in [0.2, 0.25) is 5.02 Å². The number of nitrogens with one attached hydrogen (secondary N) is 1. The first-order chi connectivity index (χ1) is 15.5. The van der Waals surface area contributed by atoms with Gasteiger partial charge in [0.1, 0.15) is 23.4 Å². The van der Waals surface area contributed by atoms with E-state index < -0.39 is 5.60 Å². The molecule has 1 aromatic carbocycles. The fraction of sp³-hybridized carbons (Fsp3) is 0.478. The SMILES string of the molecule is CC1(c2ccc(Cl)cc2)CN(c2cc(C(=O)N[C@@H]3C[C@@H]4CC[C@H]3N4C#N)ncn2)CCO1. The molecule has 1 N–H and O–H groups in total. The minimum absolute atomic E-state index is 0.0177. The summed E-state index contributed by atoms with van der Waals surface area (Å²) in [7, 11) is 0. The van der Waals surface area contributed by atoms with Gasteiger partial charge >= 0.3 is 0 Å². The number of hydrogen-bond donors (Lipinski definition) is 1. The molecule has 8 nitrogen and oxygen atoms in total. The average Bonchev–Trinajstić information content (AvgIpc) is 3.36. The zero-order valence-corrected chi connectivity index (χ0v) is 18.6. The molecular weight excluding hydrogens is 428 g/mol. The van der Waals surface area contributed by atoms with Crippen molar-refractivity contribution >= 4 is 23.3 Å². The van der Waals surface area contributed by atoms with Crippen molar-refractivity contribution in [1.82, 2.24) is 20.2 Å². The van der Waals surface area contributed by atoms with E-state index in [4.69, 9.17) is 16.3 Å².